The van der Waals surface area contributed by atoms with E-state index in [4.69, 9.17) is 34.8 Å². The number of aromatic nitrogens is 2. The first-order valence-electron chi connectivity index (χ1n) is 6.86. The summed E-state index contributed by atoms with van der Waals surface area (Å²) in [6.07, 6.45) is 1.95. The van der Waals surface area contributed by atoms with E-state index < -0.39 is 5.91 Å². The van der Waals surface area contributed by atoms with Crippen molar-refractivity contribution in [1.82, 2.24) is 9.97 Å². The first-order chi connectivity index (χ1) is 11.0. The van der Waals surface area contributed by atoms with Crippen molar-refractivity contribution >= 4 is 46.4 Å². The number of carbonyl (C=O) groups is 1. The number of anilines is 1. The zero-order valence-electron chi connectivity index (χ0n) is 12.3. The number of nitrogens with zero attached hydrogens (tertiary/aromatic N) is 3. The van der Waals surface area contributed by atoms with E-state index in [-0.39, 0.29) is 29.0 Å². The molecule has 1 amide bonds. The van der Waals surface area contributed by atoms with E-state index in [1.807, 2.05) is 13.0 Å². The number of benzene rings is 1. The summed E-state index contributed by atoms with van der Waals surface area (Å²) in [5.74, 6) is -0.505. The number of aliphatic hydroxyl groups excluding tert-OH is 1. The lowest BCUT2D eigenvalue weighted by atomic mass is 10.1. The van der Waals surface area contributed by atoms with E-state index in [1.54, 1.807) is 12.1 Å². The molecule has 8 heteroatoms. The van der Waals surface area contributed by atoms with E-state index in [0.717, 1.165) is 12.0 Å². The molecule has 0 atom stereocenters. The molecular formula is C15H14Cl3N3O2. The maximum Gasteiger partial charge on any atom is 0.264 e. The molecule has 0 aliphatic heterocycles. The maximum absolute atomic E-state index is 12.8. The molecule has 0 bridgehead atoms. The van der Waals surface area contributed by atoms with Crippen LogP contribution in [-0.2, 0) is 6.42 Å². The molecule has 0 aliphatic rings. The standard InChI is InChI=1S/C15H14Cl3N3O2/c1-2-9-3-4-10(7-11(9)16)21(5-6-22)15(23)12-13(17)19-8-20-14(12)18/h3-4,7-8,22H,2,5-6H2,1H3. The third-order valence-corrected chi connectivity index (χ3v) is 4.19. The molecule has 0 unspecified atom stereocenters. The number of carbonyl (C=O) groups excluding carboxylic acids is 1. The van der Waals surface area contributed by atoms with Gasteiger partial charge in [-0.3, -0.25) is 4.79 Å². The smallest absolute Gasteiger partial charge is 0.264 e. The van der Waals surface area contributed by atoms with Crippen LogP contribution in [0.25, 0.3) is 0 Å². The van der Waals surface area contributed by atoms with Gasteiger partial charge in [0, 0.05) is 17.3 Å². The van der Waals surface area contributed by atoms with Crippen LogP contribution in [0.15, 0.2) is 24.5 Å². The van der Waals surface area contributed by atoms with Crippen LogP contribution in [0, 0.1) is 0 Å². The number of rotatable bonds is 5. The highest BCUT2D eigenvalue weighted by Crippen LogP contribution is 2.28. The van der Waals surface area contributed by atoms with Crippen LogP contribution in [0.1, 0.15) is 22.8 Å². The van der Waals surface area contributed by atoms with Crippen LogP contribution in [0.2, 0.25) is 15.3 Å². The SMILES string of the molecule is CCc1ccc(N(CCO)C(=O)c2c(Cl)ncnc2Cl)cc1Cl. The number of aryl methyl sites for hydroxylation is 1. The Hall–Kier alpha value is -1.40. The van der Waals surface area contributed by atoms with E-state index in [0.29, 0.717) is 10.7 Å². The van der Waals surface area contributed by atoms with Crippen LogP contribution in [0.4, 0.5) is 5.69 Å². The van der Waals surface area contributed by atoms with Gasteiger partial charge in [-0.15, -0.1) is 0 Å². The van der Waals surface area contributed by atoms with Crippen molar-refractivity contribution in [1.29, 1.82) is 0 Å². The van der Waals surface area contributed by atoms with E-state index in [9.17, 15) is 9.90 Å². The Labute approximate surface area is 148 Å². The highest BCUT2D eigenvalue weighted by atomic mass is 35.5. The van der Waals surface area contributed by atoms with Gasteiger partial charge in [0.2, 0.25) is 0 Å². The Morgan fingerprint density at radius 2 is 1.87 bits per heavy atom. The van der Waals surface area contributed by atoms with Crippen molar-refractivity contribution in [3.8, 4) is 0 Å². The average Bonchev–Trinajstić information content (AvgIpc) is 2.52. The van der Waals surface area contributed by atoms with Gasteiger partial charge < -0.3 is 10.0 Å². The topological polar surface area (TPSA) is 66.3 Å². The van der Waals surface area contributed by atoms with Gasteiger partial charge in [-0.1, -0.05) is 47.8 Å². The summed E-state index contributed by atoms with van der Waals surface area (Å²) in [6.45, 7) is 1.81. The van der Waals surface area contributed by atoms with Gasteiger partial charge >= 0.3 is 0 Å². The molecule has 1 aromatic heterocycles. The Balaban J connectivity index is 2.46. The van der Waals surface area contributed by atoms with Gasteiger partial charge in [0.25, 0.3) is 5.91 Å². The number of aliphatic hydroxyl groups is 1. The molecule has 122 valence electrons. The fraction of sp³-hybridized carbons (Fsp3) is 0.267. The number of amides is 1. The summed E-state index contributed by atoms with van der Waals surface area (Å²) in [5, 5.41) is 9.73. The minimum atomic E-state index is -0.505. The summed E-state index contributed by atoms with van der Waals surface area (Å²) in [4.78, 5) is 21.7. The number of hydrogen-bond acceptors (Lipinski definition) is 4. The molecular weight excluding hydrogens is 361 g/mol. The van der Waals surface area contributed by atoms with Crippen molar-refractivity contribution in [2.24, 2.45) is 0 Å². The molecule has 1 heterocycles. The number of halogens is 3. The molecule has 0 spiro atoms. The Morgan fingerprint density at radius 1 is 1.22 bits per heavy atom. The molecule has 2 rings (SSSR count). The van der Waals surface area contributed by atoms with Crippen molar-refractivity contribution in [2.75, 3.05) is 18.1 Å². The Bertz CT molecular complexity index is 705. The van der Waals surface area contributed by atoms with E-state index >= 15 is 0 Å². The van der Waals surface area contributed by atoms with Crippen LogP contribution < -0.4 is 4.90 Å². The molecule has 0 fully saturated rings. The second-order valence-electron chi connectivity index (χ2n) is 4.64. The van der Waals surface area contributed by atoms with Gasteiger partial charge in [-0.2, -0.15) is 0 Å². The molecule has 23 heavy (non-hydrogen) atoms. The number of hydrogen-bond donors (Lipinski definition) is 1. The molecule has 1 aromatic carbocycles. The Kier molecular flexibility index (Phi) is 6.18. The second-order valence-corrected chi connectivity index (χ2v) is 5.76. The van der Waals surface area contributed by atoms with Gasteiger partial charge in [0.1, 0.15) is 22.2 Å². The Morgan fingerprint density at radius 3 is 2.39 bits per heavy atom. The fourth-order valence-corrected chi connectivity index (χ4v) is 2.88. The monoisotopic (exact) mass is 373 g/mol. The van der Waals surface area contributed by atoms with Crippen molar-refractivity contribution < 1.29 is 9.90 Å². The van der Waals surface area contributed by atoms with Crippen molar-refractivity contribution in [2.45, 2.75) is 13.3 Å². The lowest BCUT2D eigenvalue weighted by molar-refractivity contribution is 0.0980. The van der Waals surface area contributed by atoms with Crippen molar-refractivity contribution in [3.63, 3.8) is 0 Å². The molecule has 5 nitrogen and oxygen atoms in total. The quantitative estimate of drug-likeness (QED) is 0.811. The zero-order valence-corrected chi connectivity index (χ0v) is 14.5. The summed E-state index contributed by atoms with van der Waals surface area (Å²) in [7, 11) is 0. The highest BCUT2D eigenvalue weighted by Gasteiger charge is 2.24. The molecule has 2 aromatic rings. The van der Waals surface area contributed by atoms with Crippen LogP contribution in [0.3, 0.4) is 0 Å². The zero-order chi connectivity index (χ0) is 17.0. The highest BCUT2D eigenvalue weighted by molar-refractivity contribution is 6.39. The molecule has 1 N–H and O–H groups in total. The molecule has 0 saturated carbocycles. The second kappa shape index (κ2) is 7.93. The summed E-state index contributed by atoms with van der Waals surface area (Å²) in [5.41, 5.74) is 1.48. The summed E-state index contributed by atoms with van der Waals surface area (Å²) in [6, 6.07) is 5.25. The molecule has 0 aliphatic carbocycles. The summed E-state index contributed by atoms with van der Waals surface area (Å²) < 4.78 is 0. The van der Waals surface area contributed by atoms with Gasteiger partial charge in [-0.05, 0) is 24.1 Å². The molecule has 0 saturated heterocycles. The van der Waals surface area contributed by atoms with Gasteiger partial charge in [0.05, 0.1) is 6.61 Å². The first-order valence-corrected chi connectivity index (χ1v) is 8.00. The third kappa shape index (κ3) is 3.93. The van der Waals surface area contributed by atoms with Gasteiger partial charge in [0.15, 0.2) is 0 Å². The van der Waals surface area contributed by atoms with Crippen LogP contribution >= 0.6 is 34.8 Å². The maximum atomic E-state index is 12.8. The largest absolute Gasteiger partial charge is 0.395 e. The minimum Gasteiger partial charge on any atom is -0.395 e. The third-order valence-electron chi connectivity index (χ3n) is 3.27. The predicted molar refractivity (Wildman–Crippen MR) is 91.6 cm³/mol. The minimum absolute atomic E-state index is 0.0139. The van der Waals surface area contributed by atoms with Crippen LogP contribution in [-0.4, -0.2) is 34.1 Å². The van der Waals surface area contributed by atoms with E-state index in [1.165, 1.54) is 11.2 Å². The predicted octanol–water partition coefficient (Wildman–Crippen LogP) is 3.64. The first kappa shape index (κ1) is 17.9. The van der Waals surface area contributed by atoms with Crippen molar-refractivity contribution in [3.05, 3.63) is 51.0 Å². The normalized spacial score (nSPS) is 10.7. The van der Waals surface area contributed by atoms with E-state index in [2.05, 4.69) is 9.97 Å². The summed E-state index contributed by atoms with van der Waals surface area (Å²) >= 11 is 18.1. The van der Waals surface area contributed by atoms with Gasteiger partial charge in [-0.25, -0.2) is 9.97 Å². The lowest BCUT2D eigenvalue weighted by Gasteiger charge is -2.23. The fourth-order valence-electron chi connectivity index (χ4n) is 2.09. The van der Waals surface area contributed by atoms with Crippen LogP contribution in [0.5, 0.6) is 0 Å². The average molecular weight is 375 g/mol. The lowest BCUT2D eigenvalue weighted by Crippen LogP contribution is -2.34. The molecule has 0 radical (unpaired) electrons.